The molecule has 0 fully saturated rings. The zero-order chi connectivity index (χ0) is 34.7. The van der Waals surface area contributed by atoms with Gasteiger partial charge in [-0.2, -0.15) is 0 Å². The van der Waals surface area contributed by atoms with E-state index >= 15 is 0 Å². The van der Waals surface area contributed by atoms with Crippen LogP contribution in [0.2, 0.25) is 0 Å². The van der Waals surface area contributed by atoms with Crippen molar-refractivity contribution in [1.29, 1.82) is 0 Å². The Hall–Kier alpha value is -3.08. The van der Waals surface area contributed by atoms with E-state index in [-0.39, 0.29) is 53.8 Å². The average molecular weight is 828 g/mol. The molecule has 4 aromatic rings. The molecule has 5 nitrogen and oxygen atoms in total. The van der Waals surface area contributed by atoms with Crippen LogP contribution in [-0.2, 0) is 37.7 Å². The second-order valence-corrected chi connectivity index (χ2v) is 15.9. The van der Waals surface area contributed by atoms with Crippen LogP contribution in [0.15, 0.2) is 54.6 Å². The van der Waals surface area contributed by atoms with Crippen LogP contribution in [0.3, 0.4) is 0 Å². The van der Waals surface area contributed by atoms with Crippen LogP contribution in [-0.4, -0.2) is 20.9 Å². The average Bonchev–Trinajstić information content (AvgIpc) is 3.00. The van der Waals surface area contributed by atoms with Crippen molar-refractivity contribution >= 4 is 27.5 Å². The van der Waals surface area contributed by atoms with Crippen LogP contribution in [0.5, 0.6) is 11.5 Å². The van der Waals surface area contributed by atoms with Gasteiger partial charge in [0, 0.05) is 48.6 Å². The van der Waals surface area contributed by atoms with E-state index in [9.17, 15) is 9.90 Å². The third-order valence-electron chi connectivity index (χ3n) is 9.50. The molecule has 1 aromatic heterocycles. The number of hydrogen-bond acceptors (Lipinski definition) is 5. The van der Waals surface area contributed by atoms with E-state index in [1.165, 1.54) is 22.6 Å². The first-order valence-corrected chi connectivity index (χ1v) is 17.4. The van der Waals surface area contributed by atoms with Crippen molar-refractivity contribution in [3.8, 4) is 22.8 Å². The summed E-state index contributed by atoms with van der Waals surface area (Å²) in [7, 11) is 0. The van der Waals surface area contributed by atoms with E-state index in [1.807, 2.05) is 34.6 Å². The molecule has 0 amide bonds. The molecule has 48 heavy (non-hydrogen) atoms. The maximum Gasteiger partial charge on any atom is 0.164 e. The summed E-state index contributed by atoms with van der Waals surface area (Å²) in [5.74, 6) is 2.19. The third-order valence-corrected chi connectivity index (χ3v) is 9.50. The van der Waals surface area contributed by atoms with E-state index in [0.29, 0.717) is 0 Å². The first-order valence-electron chi connectivity index (χ1n) is 17.4. The number of aliphatic hydroxyl groups excluding tert-OH is 1. The molecular weight excluding hydrogens is 773 g/mol. The summed E-state index contributed by atoms with van der Waals surface area (Å²) in [4.78, 5) is 21.3. The Morgan fingerprint density at radius 1 is 0.917 bits per heavy atom. The van der Waals surface area contributed by atoms with Crippen LogP contribution in [0.1, 0.15) is 113 Å². The number of rotatable bonds is 9. The smallest absolute Gasteiger partial charge is 0.164 e. The Bertz CT molecular complexity index is 1770. The fourth-order valence-electron chi connectivity index (χ4n) is 6.34. The van der Waals surface area contributed by atoms with Gasteiger partial charge in [-0.15, -0.1) is 17.5 Å². The van der Waals surface area contributed by atoms with Crippen molar-refractivity contribution in [3.05, 3.63) is 71.8 Å². The van der Waals surface area contributed by atoms with E-state index < -0.39 is 0 Å². The van der Waals surface area contributed by atoms with Gasteiger partial charge < -0.3 is 9.84 Å². The molecule has 2 heterocycles. The topological polar surface area (TPSA) is 72.3 Å². The van der Waals surface area contributed by atoms with Crippen molar-refractivity contribution in [3.63, 3.8) is 0 Å². The standard InChI is InChI=1S/C28H29N2O.C14H26O2.Ir/c1-27(2,3)14-17-11-22-24-23(12-17)31-26-20(25(24)30-16-29-22)13-18-9-7-8-10-19(18)21(26)15-28(4,5)6;1-6-11(7-2)12(15)10-13(16)14(5,8-3)9-4;/h7-12,16H,14-15H2,1-6H3;10-11,15H,6-9H2,1-5H3;/q-1;;/b;12-10-;. The van der Waals surface area contributed by atoms with Gasteiger partial charge in [0.15, 0.2) is 5.78 Å². The normalized spacial score (nSPS) is 13.0. The second-order valence-electron chi connectivity index (χ2n) is 15.9. The molecular formula is C42H55IrN2O3-. The van der Waals surface area contributed by atoms with Gasteiger partial charge in [-0.1, -0.05) is 111 Å². The number of benzene rings is 3. The number of aliphatic hydroxyl groups is 1. The summed E-state index contributed by atoms with van der Waals surface area (Å²) in [5.41, 5.74) is 5.26. The minimum atomic E-state index is -0.319. The van der Waals surface area contributed by atoms with Crippen molar-refractivity contribution in [2.75, 3.05) is 0 Å². The second kappa shape index (κ2) is 15.6. The zero-order valence-corrected chi connectivity index (χ0v) is 33.3. The predicted molar refractivity (Wildman–Crippen MR) is 196 cm³/mol. The molecule has 0 saturated heterocycles. The van der Waals surface area contributed by atoms with Crippen molar-refractivity contribution in [2.24, 2.45) is 22.2 Å². The Morgan fingerprint density at radius 3 is 2.12 bits per heavy atom. The summed E-state index contributed by atoms with van der Waals surface area (Å²) in [6, 6.07) is 16.4. The number of allylic oxidation sites excluding steroid dienone is 2. The molecule has 0 aliphatic carbocycles. The zero-order valence-electron chi connectivity index (χ0n) is 30.9. The summed E-state index contributed by atoms with van der Waals surface area (Å²) in [5, 5.41) is 13.2. The summed E-state index contributed by atoms with van der Waals surface area (Å²) in [6.45, 7) is 23.6. The maximum absolute atomic E-state index is 12.0. The third kappa shape index (κ3) is 8.93. The van der Waals surface area contributed by atoms with Crippen LogP contribution < -0.4 is 4.74 Å². The molecule has 1 radical (unpaired) electrons. The van der Waals surface area contributed by atoms with Gasteiger partial charge in [-0.25, -0.2) is 4.98 Å². The van der Waals surface area contributed by atoms with Gasteiger partial charge >= 0.3 is 0 Å². The Balaban J connectivity index is 0.000000316. The van der Waals surface area contributed by atoms with E-state index in [4.69, 9.17) is 9.72 Å². The van der Waals surface area contributed by atoms with Gasteiger partial charge in [0.1, 0.15) is 12.1 Å². The first kappa shape index (κ1) is 39.4. The van der Waals surface area contributed by atoms with Crippen molar-refractivity contribution in [2.45, 2.75) is 115 Å². The number of nitrogens with zero attached hydrogens (tertiary/aromatic N) is 2. The van der Waals surface area contributed by atoms with Crippen molar-refractivity contribution in [1.82, 2.24) is 9.97 Å². The van der Waals surface area contributed by atoms with Crippen LogP contribution in [0.25, 0.3) is 32.9 Å². The van der Waals surface area contributed by atoms with Gasteiger partial charge in [-0.3, -0.25) is 9.78 Å². The number of fused-ring (bicyclic) bond motifs is 3. The van der Waals surface area contributed by atoms with Gasteiger partial charge in [0.05, 0.1) is 17.0 Å². The summed E-state index contributed by atoms with van der Waals surface area (Å²) in [6.07, 6.45) is 8.38. The van der Waals surface area contributed by atoms with Crippen molar-refractivity contribution < 1.29 is 34.7 Å². The molecule has 1 aliphatic rings. The molecule has 1 N–H and O–H groups in total. The molecule has 0 saturated carbocycles. The number of ether oxygens (including phenoxy) is 1. The van der Waals surface area contributed by atoms with Crippen LogP contribution in [0, 0.1) is 28.2 Å². The van der Waals surface area contributed by atoms with Gasteiger partial charge in [-0.05, 0) is 67.1 Å². The predicted octanol–water partition coefficient (Wildman–Crippen LogP) is 11.8. The number of ketones is 1. The van der Waals surface area contributed by atoms with E-state index in [0.717, 1.165) is 77.6 Å². The molecule has 5 rings (SSSR count). The molecule has 0 spiro atoms. The first-order chi connectivity index (χ1) is 22.0. The Morgan fingerprint density at radius 2 is 1.54 bits per heavy atom. The molecule has 1 aliphatic heterocycles. The largest absolute Gasteiger partial charge is 0.512 e. The summed E-state index contributed by atoms with van der Waals surface area (Å²) >= 11 is 0. The molecule has 0 unspecified atom stereocenters. The van der Waals surface area contributed by atoms with Crippen LogP contribution in [0.4, 0.5) is 0 Å². The molecule has 6 heteroatoms. The fraction of sp³-hybridized carbons (Fsp3) is 0.500. The molecule has 0 bridgehead atoms. The molecule has 0 atom stereocenters. The number of carbonyl (C=O) groups is 1. The van der Waals surface area contributed by atoms with Gasteiger partial charge in [0.25, 0.3) is 0 Å². The van der Waals surface area contributed by atoms with E-state index in [2.05, 4.69) is 89.0 Å². The van der Waals surface area contributed by atoms with E-state index in [1.54, 1.807) is 6.33 Å². The Labute approximate surface area is 302 Å². The van der Waals surface area contributed by atoms with Gasteiger partial charge in [0.2, 0.25) is 0 Å². The number of hydrogen-bond donors (Lipinski definition) is 1. The quantitative estimate of drug-likeness (QED) is 0.0910. The van der Waals surface area contributed by atoms with Crippen LogP contribution >= 0.6 is 0 Å². The fourth-order valence-corrected chi connectivity index (χ4v) is 6.34. The minimum Gasteiger partial charge on any atom is -0.512 e. The monoisotopic (exact) mass is 828 g/mol. The number of carbonyl (C=O) groups excluding carboxylic acids is 1. The summed E-state index contributed by atoms with van der Waals surface area (Å²) < 4.78 is 6.68. The number of aromatic nitrogens is 2. The molecule has 3 aromatic carbocycles. The molecule has 261 valence electrons. The minimum absolute atomic E-state index is 0. The Kier molecular flexibility index (Phi) is 12.8. The SMILES string of the molecule is CC(C)(C)Cc1cc2c3c(ncnc3c1)-c1[c-]c3ccccc3c(CC(C)(C)C)c1O2.CCC(CC)/C(O)=C/C(=O)C(C)(CC)CC.[Ir]. The maximum atomic E-state index is 12.0.